The van der Waals surface area contributed by atoms with Gasteiger partial charge in [-0.25, -0.2) is 0 Å². The van der Waals surface area contributed by atoms with Crippen LogP contribution >= 0.6 is 0 Å². The molecule has 1 aliphatic carbocycles. The maximum Gasteiger partial charge on any atom is 0.223 e. The lowest BCUT2D eigenvalue weighted by molar-refractivity contribution is -0.132. The van der Waals surface area contributed by atoms with E-state index in [2.05, 4.69) is 11.8 Å². The molecule has 0 bridgehead atoms. The largest absolute Gasteiger partial charge is 0.369 e. The molecule has 3 heteroatoms. The van der Waals surface area contributed by atoms with Gasteiger partial charge in [0.05, 0.1) is 5.92 Å². The highest BCUT2D eigenvalue weighted by atomic mass is 16.1. The molecule has 2 aliphatic rings. The van der Waals surface area contributed by atoms with E-state index in [1.54, 1.807) is 0 Å². The fourth-order valence-electron chi connectivity index (χ4n) is 3.15. The summed E-state index contributed by atoms with van der Waals surface area (Å²) in [5, 5.41) is 0. The molecule has 0 atom stereocenters. The van der Waals surface area contributed by atoms with Crippen LogP contribution in [0.1, 0.15) is 45.4 Å². The van der Waals surface area contributed by atoms with Crippen LogP contribution in [0.5, 0.6) is 0 Å². The van der Waals surface area contributed by atoms with Crippen molar-refractivity contribution in [1.82, 2.24) is 4.90 Å². The first-order valence-electron chi connectivity index (χ1n) is 6.22. The Bertz CT molecular complexity index is 240. The zero-order valence-corrected chi connectivity index (χ0v) is 9.67. The second kappa shape index (κ2) is 4.12. The van der Waals surface area contributed by atoms with Crippen molar-refractivity contribution in [1.29, 1.82) is 0 Å². The number of nitrogens with zero attached hydrogens (tertiary/aromatic N) is 1. The summed E-state index contributed by atoms with van der Waals surface area (Å²) in [4.78, 5) is 13.5. The molecule has 1 heterocycles. The number of hydrogen-bond donors (Lipinski definition) is 1. The Kier molecular flexibility index (Phi) is 3.01. The molecular formula is C12H22N2O. The smallest absolute Gasteiger partial charge is 0.223 e. The Labute approximate surface area is 92.0 Å². The molecule has 1 aliphatic heterocycles. The van der Waals surface area contributed by atoms with Gasteiger partial charge in [-0.05, 0) is 19.3 Å². The summed E-state index contributed by atoms with van der Waals surface area (Å²) in [6, 6.07) is 0. The first-order valence-corrected chi connectivity index (χ1v) is 6.22. The lowest BCUT2D eigenvalue weighted by atomic mass is 9.75. The van der Waals surface area contributed by atoms with Crippen molar-refractivity contribution < 1.29 is 4.79 Å². The predicted molar refractivity (Wildman–Crippen MR) is 60.4 cm³/mol. The van der Waals surface area contributed by atoms with Crippen molar-refractivity contribution in [2.24, 2.45) is 11.7 Å². The molecule has 0 spiro atoms. The lowest BCUT2D eigenvalue weighted by Crippen LogP contribution is -2.62. The minimum Gasteiger partial charge on any atom is -0.369 e. The Hall–Kier alpha value is -0.570. The molecule has 0 aromatic heterocycles. The summed E-state index contributed by atoms with van der Waals surface area (Å²) in [7, 11) is 0. The van der Waals surface area contributed by atoms with Gasteiger partial charge in [-0.1, -0.05) is 26.2 Å². The van der Waals surface area contributed by atoms with Crippen LogP contribution < -0.4 is 5.73 Å². The third-order valence-corrected chi connectivity index (χ3v) is 4.40. The van der Waals surface area contributed by atoms with Gasteiger partial charge >= 0.3 is 0 Å². The van der Waals surface area contributed by atoms with E-state index in [0.717, 1.165) is 13.1 Å². The van der Waals surface area contributed by atoms with Crippen molar-refractivity contribution >= 4 is 5.91 Å². The maximum atomic E-state index is 11.0. The fourth-order valence-corrected chi connectivity index (χ4v) is 3.15. The zero-order chi connectivity index (χ0) is 10.9. The second-order valence-corrected chi connectivity index (χ2v) is 5.14. The average Bonchev–Trinajstić information content (AvgIpc) is 2.16. The van der Waals surface area contributed by atoms with Crippen LogP contribution in [-0.2, 0) is 4.79 Å². The standard InChI is InChI=1S/C12H22N2O/c1-2-12(6-4-3-5-7-12)14-8-10(9-14)11(13)15/h10H,2-9H2,1H3,(H2,13,15). The number of nitrogens with two attached hydrogens (primary N) is 1. The predicted octanol–water partition coefficient (Wildman–Crippen LogP) is 1.52. The first-order chi connectivity index (χ1) is 7.18. The lowest BCUT2D eigenvalue weighted by Gasteiger charge is -2.53. The van der Waals surface area contributed by atoms with E-state index in [0.29, 0.717) is 5.54 Å². The fraction of sp³-hybridized carbons (Fsp3) is 0.917. The molecule has 0 aromatic carbocycles. The molecule has 0 unspecified atom stereocenters. The molecule has 3 nitrogen and oxygen atoms in total. The summed E-state index contributed by atoms with van der Waals surface area (Å²) < 4.78 is 0. The number of carbonyl (C=O) groups is 1. The van der Waals surface area contributed by atoms with Gasteiger partial charge in [0.2, 0.25) is 5.91 Å². The molecule has 1 saturated heterocycles. The molecule has 1 amide bonds. The van der Waals surface area contributed by atoms with Gasteiger partial charge in [0.1, 0.15) is 0 Å². The van der Waals surface area contributed by atoms with Gasteiger partial charge in [-0.2, -0.15) is 0 Å². The summed E-state index contributed by atoms with van der Waals surface area (Å²) in [5.74, 6) is 0.00339. The number of likely N-dealkylation sites (tertiary alicyclic amines) is 1. The first kappa shape index (κ1) is 10.9. The van der Waals surface area contributed by atoms with E-state index in [4.69, 9.17) is 5.73 Å². The number of amides is 1. The quantitative estimate of drug-likeness (QED) is 0.767. The van der Waals surface area contributed by atoms with Gasteiger partial charge in [-0.3, -0.25) is 9.69 Å². The van der Waals surface area contributed by atoms with E-state index in [1.807, 2.05) is 0 Å². The summed E-state index contributed by atoms with van der Waals surface area (Å²) in [6.07, 6.45) is 7.94. The zero-order valence-electron chi connectivity index (χ0n) is 9.67. The summed E-state index contributed by atoms with van der Waals surface area (Å²) >= 11 is 0. The highest BCUT2D eigenvalue weighted by molar-refractivity contribution is 5.78. The maximum absolute atomic E-state index is 11.0. The van der Waals surface area contributed by atoms with Crippen LogP contribution in [0.15, 0.2) is 0 Å². The van der Waals surface area contributed by atoms with Crippen LogP contribution in [0.4, 0.5) is 0 Å². The second-order valence-electron chi connectivity index (χ2n) is 5.14. The Morgan fingerprint density at radius 1 is 1.33 bits per heavy atom. The van der Waals surface area contributed by atoms with Gasteiger partial charge < -0.3 is 5.73 Å². The number of hydrogen-bond acceptors (Lipinski definition) is 2. The normalized spacial score (nSPS) is 27.3. The van der Waals surface area contributed by atoms with Crippen molar-refractivity contribution in [3.05, 3.63) is 0 Å². The van der Waals surface area contributed by atoms with Crippen LogP contribution in [0.3, 0.4) is 0 Å². The van der Waals surface area contributed by atoms with Crippen LogP contribution in [0.2, 0.25) is 0 Å². The highest BCUT2D eigenvalue weighted by Crippen LogP contribution is 2.40. The molecule has 2 fully saturated rings. The number of primary amides is 1. The monoisotopic (exact) mass is 210 g/mol. The minimum atomic E-state index is -0.117. The van der Waals surface area contributed by atoms with Gasteiger partial charge in [0.15, 0.2) is 0 Å². The topological polar surface area (TPSA) is 46.3 Å². The van der Waals surface area contributed by atoms with Crippen molar-refractivity contribution in [3.8, 4) is 0 Å². The van der Waals surface area contributed by atoms with E-state index in [-0.39, 0.29) is 11.8 Å². The molecule has 2 rings (SSSR count). The summed E-state index contributed by atoms with van der Waals surface area (Å²) in [6.45, 7) is 4.09. The molecular weight excluding hydrogens is 188 g/mol. The van der Waals surface area contributed by atoms with E-state index in [9.17, 15) is 4.79 Å². The molecule has 15 heavy (non-hydrogen) atoms. The summed E-state index contributed by atoms with van der Waals surface area (Å²) in [5.41, 5.74) is 5.72. The Morgan fingerprint density at radius 2 is 1.93 bits per heavy atom. The van der Waals surface area contributed by atoms with Crippen molar-refractivity contribution in [3.63, 3.8) is 0 Å². The molecule has 0 aromatic rings. The molecule has 2 N–H and O–H groups in total. The molecule has 0 radical (unpaired) electrons. The van der Waals surface area contributed by atoms with Crippen LogP contribution in [0, 0.1) is 5.92 Å². The average molecular weight is 210 g/mol. The van der Waals surface area contributed by atoms with Gasteiger partial charge in [-0.15, -0.1) is 0 Å². The van der Waals surface area contributed by atoms with Crippen molar-refractivity contribution in [2.75, 3.05) is 13.1 Å². The Balaban J connectivity index is 1.94. The molecule has 1 saturated carbocycles. The Morgan fingerprint density at radius 3 is 2.40 bits per heavy atom. The molecule has 86 valence electrons. The van der Waals surface area contributed by atoms with E-state index in [1.165, 1.54) is 38.5 Å². The third-order valence-electron chi connectivity index (χ3n) is 4.40. The SMILES string of the molecule is CCC1(N2CC(C(N)=O)C2)CCCCC1. The van der Waals surface area contributed by atoms with E-state index < -0.39 is 0 Å². The number of carbonyl (C=O) groups excluding carboxylic acids is 1. The minimum absolute atomic E-state index is 0.117. The van der Waals surface area contributed by atoms with Gasteiger partial charge in [0, 0.05) is 18.6 Å². The number of rotatable bonds is 3. The van der Waals surface area contributed by atoms with Gasteiger partial charge in [0.25, 0.3) is 0 Å². The third kappa shape index (κ3) is 1.89. The van der Waals surface area contributed by atoms with Crippen LogP contribution in [-0.4, -0.2) is 29.4 Å². The van der Waals surface area contributed by atoms with E-state index >= 15 is 0 Å². The van der Waals surface area contributed by atoms with Crippen LogP contribution in [0.25, 0.3) is 0 Å². The highest BCUT2D eigenvalue weighted by Gasteiger charge is 2.44. The van der Waals surface area contributed by atoms with Crippen molar-refractivity contribution in [2.45, 2.75) is 51.0 Å².